The van der Waals surface area contributed by atoms with Crippen LogP contribution in [0.5, 0.6) is 5.75 Å². The van der Waals surface area contributed by atoms with Crippen molar-refractivity contribution in [3.05, 3.63) is 52.9 Å². The maximum Gasteiger partial charge on any atom is 0.342 e. The number of hydrogen-bond donors (Lipinski definition) is 0. The van der Waals surface area contributed by atoms with Gasteiger partial charge in [-0.3, -0.25) is 9.59 Å². The summed E-state index contributed by atoms with van der Waals surface area (Å²) in [6.45, 7) is 1.05. The van der Waals surface area contributed by atoms with E-state index in [1.54, 1.807) is 34.1 Å². The highest BCUT2D eigenvalue weighted by atomic mass is 35.5. The highest BCUT2D eigenvalue weighted by Crippen LogP contribution is 2.23. The number of ether oxygens (including phenoxy) is 2. The molecule has 9 heteroatoms. The highest BCUT2D eigenvalue weighted by molar-refractivity contribution is 6.31. The summed E-state index contributed by atoms with van der Waals surface area (Å²) in [6.07, 6.45) is 1.44. The molecule has 2 heterocycles. The van der Waals surface area contributed by atoms with Crippen LogP contribution in [0.25, 0.3) is 0 Å². The summed E-state index contributed by atoms with van der Waals surface area (Å²) in [5.74, 6) is -0.661. The fourth-order valence-corrected chi connectivity index (χ4v) is 3.02. The molecule has 1 aliphatic heterocycles. The lowest BCUT2D eigenvalue weighted by Gasteiger charge is -2.34. The highest BCUT2D eigenvalue weighted by Gasteiger charge is 2.27. The average Bonchev–Trinajstić information content (AvgIpc) is 3.26. The van der Waals surface area contributed by atoms with Crippen LogP contribution in [0.1, 0.15) is 20.9 Å². The van der Waals surface area contributed by atoms with Crippen molar-refractivity contribution in [2.75, 3.05) is 39.9 Å². The van der Waals surface area contributed by atoms with E-state index in [2.05, 4.69) is 0 Å². The molecule has 0 radical (unpaired) electrons. The van der Waals surface area contributed by atoms with Crippen molar-refractivity contribution in [3.63, 3.8) is 0 Å². The Labute approximate surface area is 166 Å². The van der Waals surface area contributed by atoms with E-state index in [-0.39, 0.29) is 23.1 Å². The number of rotatable bonds is 5. The number of amides is 2. The molecule has 1 aliphatic rings. The number of halogens is 1. The molecule has 0 atom stereocenters. The van der Waals surface area contributed by atoms with Gasteiger partial charge in [0, 0.05) is 31.2 Å². The SMILES string of the molecule is COc1ccc(Cl)cc1C(=O)OCC(=O)N1CCN(C(=O)c2ccco2)CC1. The van der Waals surface area contributed by atoms with E-state index < -0.39 is 12.6 Å². The van der Waals surface area contributed by atoms with E-state index in [9.17, 15) is 14.4 Å². The molecular weight excluding hydrogens is 388 g/mol. The molecule has 1 aromatic heterocycles. The molecule has 1 fully saturated rings. The standard InChI is InChI=1S/C19H19ClN2O6/c1-26-15-5-4-13(20)11-14(15)19(25)28-12-17(23)21-6-8-22(9-7-21)18(24)16-3-2-10-27-16/h2-5,10-11H,6-9,12H2,1H3. The zero-order valence-electron chi connectivity index (χ0n) is 15.2. The molecule has 2 aromatic rings. The molecular formula is C19H19ClN2O6. The number of furan rings is 1. The Kier molecular flexibility index (Phi) is 6.20. The van der Waals surface area contributed by atoms with Gasteiger partial charge in [0.05, 0.1) is 13.4 Å². The second-order valence-electron chi connectivity index (χ2n) is 6.07. The Morgan fingerprint density at radius 1 is 1.11 bits per heavy atom. The van der Waals surface area contributed by atoms with Crippen LogP contribution in [0.2, 0.25) is 5.02 Å². The van der Waals surface area contributed by atoms with Gasteiger partial charge in [-0.25, -0.2) is 4.79 Å². The van der Waals surface area contributed by atoms with Gasteiger partial charge in [-0.05, 0) is 30.3 Å². The van der Waals surface area contributed by atoms with Crippen molar-refractivity contribution in [1.82, 2.24) is 9.80 Å². The molecule has 0 saturated carbocycles. The summed E-state index contributed by atoms with van der Waals surface area (Å²) in [7, 11) is 1.43. The zero-order valence-corrected chi connectivity index (χ0v) is 16.0. The molecule has 0 bridgehead atoms. The Morgan fingerprint density at radius 3 is 2.46 bits per heavy atom. The molecule has 3 rings (SSSR count). The molecule has 0 spiro atoms. The third-order valence-corrected chi connectivity index (χ3v) is 4.59. The van der Waals surface area contributed by atoms with E-state index in [0.717, 1.165) is 0 Å². The van der Waals surface area contributed by atoms with Crippen molar-refractivity contribution in [2.24, 2.45) is 0 Å². The Morgan fingerprint density at radius 2 is 1.82 bits per heavy atom. The molecule has 2 amide bonds. The summed E-state index contributed by atoms with van der Waals surface area (Å²) in [6, 6.07) is 7.81. The molecule has 28 heavy (non-hydrogen) atoms. The van der Waals surface area contributed by atoms with Crippen LogP contribution in [-0.4, -0.2) is 67.5 Å². The molecule has 0 N–H and O–H groups in total. The normalized spacial score (nSPS) is 13.9. The van der Waals surface area contributed by atoms with Crippen LogP contribution in [0.4, 0.5) is 0 Å². The van der Waals surface area contributed by atoms with E-state index in [1.165, 1.54) is 19.4 Å². The van der Waals surface area contributed by atoms with Gasteiger partial charge in [-0.1, -0.05) is 11.6 Å². The first-order valence-electron chi connectivity index (χ1n) is 8.61. The van der Waals surface area contributed by atoms with Crippen molar-refractivity contribution < 1.29 is 28.3 Å². The van der Waals surface area contributed by atoms with Gasteiger partial charge >= 0.3 is 5.97 Å². The minimum atomic E-state index is -0.695. The number of methoxy groups -OCH3 is 1. The van der Waals surface area contributed by atoms with E-state index in [4.69, 9.17) is 25.5 Å². The molecule has 0 unspecified atom stereocenters. The Balaban J connectivity index is 1.50. The van der Waals surface area contributed by atoms with Crippen molar-refractivity contribution in [1.29, 1.82) is 0 Å². The van der Waals surface area contributed by atoms with Crippen molar-refractivity contribution in [3.8, 4) is 5.75 Å². The minimum Gasteiger partial charge on any atom is -0.496 e. The smallest absolute Gasteiger partial charge is 0.342 e. The van der Waals surface area contributed by atoms with Gasteiger partial charge in [0.1, 0.15) is 11.3 Å². The fourth-order valence-electron chi connectivity index (χ4n) is 2.85. The zero-order chi connectivity index (χ0) is 20.1. The maximum atomic E-state index is 12.3. The third-order valence-electron chi connectivity index (χ3n) is 4.36. The second-order valence-corrected chi connectivity index (χ2v) is 6.51. The van der Waals surface area contributed by atoms with Crippen LogP contribution >= 0.6 is 11.6 Å². The van der Waals surface area contributed by atoms with Crippen LogP contribution in [0.3, 0.4) is 0 Å². The van der Waals surface area contributed by atoms with Gasteiger partial charge in [0.15, 0.2) is 12.4 Å². The lowest BCUT2D eigenvalue weighted by Crippen LogP contribution is -2.51. The van der Waals surface area contributed by atoms with Gasteiger partial charge < -0.3 is 23.7 Å². The number of hydrogen-bond acceptors (Lipinski definition) is 6. The average molecular weight is 407 g/mol. The summed E-state index contributed by atoms with van der Waals surface area (Å²) in [5, 5.41) is 0.358. The predicted octanol–water partition coefficient (Wildman–Crippen LogP) is 2.08. The third kappa shape index (κ3) is 4.45. The summed E-state index contributed by atoms with van der Waals surface area (Å²) in [5.41, 5.74) is 0.150. The Bertz CT molecular complexity index is 859. The number of carbonyl (C=O) groups excluding carboxylic acids is 3. The summed E-state index contributed by atoms with van der Waals surface area (Å²) < 4.78 is 15.3. The Hall–Kier alpha value is -3.00. The number of piperazine rings is 1. The quantitative estimate of drug-likeness (QED) is 0.706. The van der Waals surface area contributed by atoms with E-state index >= 15 is 0 Å². The molecule has 8 nitrogen and oxygen atoms in total. The lowest BCUT2D eigenvalue weighted by molar-refractivity contribution is -0.136. The van der Waals surface area contributed by atoms with Crippen LogP contribution in [0.15, 0.2) is 41.0 Å². The maximum absolute atomic E-state index is 12.3. The minimum absolute atomic E-state index is 0.150. The topological polar surface area (TPSA) is 89.3 Å². The van der Waals surface area contributed by atoms with Crippen molar-refractivity contribution in [2.45, 2.75) is 0 Å². The number of benzene rings is 1. The largest absolute Gasteiger partial charge is 0.496 e. The monoisotopic (exact) mass is 406 g/mol. The molecule has 1 aromatic carbocycles. The van der Waals surface area contributed by atoms with Crippen LogP contribution in [-0.2, 0) is 9.53 Å². The molecule has 148 valence electrons. The molecule has 1 saturated heterocycles. The number of esters is 1. The van der Waals surface area contributed by atoms with Crippen LogP contribution in [0, 0.1) is 0 Å². The first kappa shape index (κ1) is 19.8. The van der Waals surface area contributed by atoms with Crippen LogP contribution < -0.4 is 4.74 Å². The van der Waals surface area contributed by atoms with Gasteiger partial charge in [0.2, 0.25) is 0 Å². The van der Waals surface area contributed by atoms with Gasteiger partial charge in [-0.2, -0.15) is 0 Å². The van der Waals surface area contributed by atoms with Crippen molar-refractivity contribution >= 4 is 29.4 Å². The number of carbonyl (C=O) groups is 3. The van der Waals surface area contributed by atoms with Gasteiger partial charge in [0.25, 0.3) is 11.8 Å². The lowest BCUT2D eigenvalue weighted by atomic mass is 10.2. The second kappa shape index (κ2) is 8.79. The fraction of sp³-hybridized carbons (Fsp3) is 0.316. The van der Waals surface area contributed by atoms with E-state index in [1.807, 2.05) is 0 Å². The molecule has 0 aliphatic carbocycles. The summed E-state index contributed by atoms with van der Waals surface area (Å²) in [4.78, 5) is 40.0. The first-order valence-corrected chi connectivity index (χ1v) is 8.98. The summed E-state index contributed by atoms with van der Waals surface area (Å²) >= 11 is 5.90. The van der Waals surface area contributed by atoms with Gasteiger partial charge in [-0.15, -0.1) is 0 Å². The first-order chi connectivity index (χ1) is 13.5. The van der Waals surface area contributed by atoms with E-state index in [0.29, 0.717) is 37.0 Å². The predicted molar refractivity (Wildman–Crippen MR) is 99.5 cm³/mol. The number of nitrogens with zero attached hydrogens (tertiary/aromatic N) is 2.